The molecule has 0 radical (unpaired) electrons. The van der Waals surface area contributed by atoms with Crippen LogP contribution in [-0.4, -0.2) is 96.3 Å². The number of nitrogens with zero attached hydrogens (tertiary/aromatic N) is 2. The lowest BCUT2D eigenvalue weighted by atomic mass is 10.0. The second-order valence-corrected chi connectivity index (χ2v) is 13.0. The fourth-order valence-corrected chi connectivity index (χ4v) is 5.64. The summed E-state index contributed by atoms with van der Waals surface area (Å²) in [7, 11) is 3.03. The van der Waals surface area contributed by atoms with Crippen molar-refractivity contribution < 1.29 is 38.2 Å². The monoisotopic (exact) mass is 694 g/mol. The maximum absolute atomic E-state index is 14.1. The highest BCUT2D eigenvalue weighted by Crippen LogP contribution is 2.24. The topological polar surface area (TPSA) is 189 Å². The van der Waals surface area contributed by atoms with Crippen LogP contribution in [0.1, 0.15) is 58.1 Å². The zero-order chi connectivity index (χ0) is 37.0. The molecule has 14 heteroatoms. The molecular weight excluding hydrogens is 644 g/mol. The summed E-state index contributed by atoms with van der Waals surface area (Å²) < 4.78 is 10.4. The molecule has 0 spiro atoms. The first-order valence-corrected chi connectivity index (χ1v) is 16.8. The fourth-order valence-electron chi connectivity index (χ4n) is 5.64. The minimum Gasteiger partial charge on any atom is -0.497 e. The first kappa shape index (κ1) is 39.3. The summed E-state index contributed by atoms with van der Waals surface area (Å²) in [6.45, 7) is 7.06. The molecule has 14 nitrogen and oxygen atoms in total. The molecule has 0 aromatic heterocycles. The van der Waals surface area contributed by atoms with Gasteiger partial charge in [-0.05, 0) is 62.3 Å². The van der Waals surface area contributed by atoms with Crippen LogP contribution >= 0.6 is 0 Å². The van der Waals surface area contributed by atoms with E-state index in [-0.39, 0.29) is 31.9 Å². The number of amides is 6. The Morgan fingerprint density at radius 3 is 2.14 bits per heavy atom. The summed E-state index contributed by atoms with van der Waals surface area (Å²) in [6, 6.07) is 11.2. The summed E-state index contributed by atoms with van der Waals surface area (Å²) >= 11 is 0. The van der Waals surface area contributed by atoms with Gasteiger partial charge in [-0.2, -0.15) is 0 Å². The first-order chi connectivity index (χ1) is 23.7. The van der Waals surface area contributed by atoms with E-state index in [9.17, 15) is 28.8 Å². The maximum Gasteiger partial charge on any atom is 0.408 e. The Bertz CT molecular complexity index is 1490. The highest BCUT2D eigenvalue weighted by molar-refractivity contribution is 5.96. The van der Waals surface area contributed by atoms with Gasteiger partial charge in [-0.3, -0.25) is 24.0 Å². The number of methoxy groups -OCH3 is 1. The van der Waals surface area contributed by atoms with Crippen LogP contribution in [0.5, 0.6) is 5.75 Å². The maximum atomic E-state index is 14.1. The molecule has 50 heavy (non-hydrogen) atoms. The van der Waals surface area contributed by atoms with Crippen LogP contribution in [0, 0.1) is 5.92 Å². The predicted molar refractivity (Wildman–Crippen MR) is 185 cm³/mol. The number of alkyl carbamates (subject to hydrolysis) is 1. The van der Waals surface area contributed by atoms with Gasteiger partial charge in [0.05, 0.1) is 7.11 Å². The molecule has 2 aromatic rings. The van der Waals surface area contributed by atoms with E-state index >= 15 is 0 Å². The summed E-state index contributed by atoms with van der Waals surface area (Å²) in [6.07, 6.45) is 0.523. The zero-order valence-electron chi connectivity index (χ0n) is 29.6. The number of nitrogens with two attached hydrogens (primary N) is 1. The summed E-state index contributed by atoms with van der Waals surface area (Å²) in [4.78, 5) is 81.6. The molecule has 272 valence electrons. The van der Waals surface area contributed by atoms with Crippen LogP contribution in [0.4, 0.5) is 4.79 Å². The number of likely N-dealkylation sites (N-methyl/N-ethyl adjacent to an activating group) is 1. The number of nitrogens with one attached hydrogen (secondary N) is 3. The van der Waals surface area contributed by atoms with Crippen molar-refractivity contribution in [2.24, 2.45) is 11.7 Å². The Kier molecular flexibility index (Phi) is 14.6. The van der Waals surface area contributed by atoms with Crippen LogP contribution < -0.4 is 26.4 Å². The second-order valence-electron chi connectivity index (χ2n) is 13.0. The molecule has 1 saturated heterocycles. The SMILES string of the molecule is COc1ccc(C[C@@H](C(=O)N[C@@H](C)C(N)=O)N(C)C(=O)[C@@H]2CCCN2C(=O)[C@H](CC(C)C)NC(=O)[C@H](C)NC(=O)OCc2ccccc2)cc1. The number of ether oxygens (including phenoxy) is 2. The van der Waals surface area contributed by atoms with Crippen molar-refractivity contribution in [2.75, 3.05) is 20.7 Å². The van der Waals surface area contributed by atoms with Crippen LogP contribution in [0.2, 0.25) is 0 Å². The van der Waals surface area contributed by atoms with E-state index in [1.165, 1.54) is 37.8 Å². The molecule has 1 aliphatic heterocycles. The lowest BCUT2D eigenvalue weighted by molar-refractivity contribution is -0.148. The summed E-state index contributed by atoms with van der Waals surface area (Å²) in [5.74, 6) is -2.15. The zero-order valence-corrected chi connectivity index (χ0v) is 29.6. The number of hydrogen-bond acceptors (Lipinski definition) is 8. The lowest BCUT2D eigenvalue weighted by Crippen LogP contribution is -2.59. The number of benzene rings is 2. The Labute approximate surface area is 293 Å². The van der Waals surface area contributed by atoms with Crippen LogP contribution in [0.3, 0.4) is 0 Å². The molecular formula is C36H50N6O8. The quantitative estimate of drug-likeness (QED) is 0.205. The number of rotatable bonds is 16. The molecule has 3 rings (SSSR count). The molecule has 5 atom stereocenters. The Hall–Kier alpha value is -5.14. The molecule has 0 bridgehead atoms. The van der Waals surface area contributed by atoms with Crippen molar-refractivity contribution >= 4 is 35.6 Å². The van der Waals surface area contributed by atoms with E-state index < -0.39 is 65.8 Å². The van der Waals surface area contributed by atoms with Gasteiger partial charge in [0.2, 0.25) is 29.5 Å². The van der Waals surface area contributed by atoms with Crippen molar-refractivity contribution in [3.63, 3.8) is 0 Å². The number of carbonyl (C=O) groups is 6. The van der Waals surface area contributed by atoms with Crippen molar-refractivity contribution in [1.29, 1.82) is 0 Å². The van der Waals surface area contributed by atoms with Crippen molar-refractivity contribution in [3.8, 4) is 5.75 Å². The molecule has 1 fully saturated rings. The average molecular weight is 695 g/mol. The second kappa shape index (κ2) is 18.6. The van der Waals surface area contributed by atoms with E-state index in [1.807, 2.05) is 32.0 Å². The number of carbonyl (C=O) groups excluding carboxylic acids is 6. The Morgan fingerprint density at radius 2 is 1.54 bits per heavy atom. The highest BCUT2D eigenvalue weighted by atomic mass is 16.5. The number of hydrogen-bond donors (Lipinski definition) is 4. The molecule has 0 unspecified atom stereocenters. The van der Waals surface area contributed by atoms with Gasteiger partial charge in [0.1, 0.15) is 42.6 Å². The molecule has 5 N–H and O–H groups in total. The van der Waals surface area contributed by atoms with E-state index in [0.29, 0.717) is 18.6 Å². The molecule has 2 aromatic carbocycles. The van der Waals surface area contributed by atoms with Crippen molar-refractivity contribution in [2.45, 2.75) is 90.2 Å². The minimum atomic E-state index is -1.03. The van der Waals surface area contributed by atoms with Crippen LogP contribution in [0.15, 0.2) is 54.6 Å². The normalized spacial score (nSPS) is 16.4. The van der Waals surface area contributed by atoms with E-state index in [1.54, 1.807) is 36.4 Å². The third kappa shape index (κ3) is 11.2. The van der Waals surface area contributed by atoms with Gasteiger partial charge >= 0.3 is 6.09 Å². The van der Waals surface area contributed by atoms with Gasteiger partial charge in [-0.15, -0.1) is 0 Å². The molecule has 0 aliphatic carbocycles. The van der Waals surface area contributed by atoms with E-state index in [0.717, 1.165) is 11.1 Å². The third-order valence-corrected chi connectivity index (χ3v) is 8.57. The van der Waals surface area contributed by atoms with Gasteiger partial charge in [0.25, 0.3) is 0 Å². The van der Waals surface area contributed by atoms with Gasteiger partial charge < -0.3 is 41.0 Å². The Morgan fingerprint density at radius 1 is 0.880 bits per heavy atom. The molecule has 6 amide bonds. The lowest BCUT2D eigenvalue weighted by Gasteiger charge is -2.34. The third-order valence-electron chi connectivity index (χ3n) is 8.57. The fraction of sp³-hybridized carbons (Fsp3) is 0.500. The largest absolute Gasteiger partial charge is 0.497 e. The molecule has 0 saturated carbocycles. The van der Waals surface area contributed by atoms with Crippen LogP contribution in [-0.2, 0) is 41.7 Å². The van der Waals surface area contributed by atoms with Gasteiger partial charge in [-0.1, -0.05) is 56.3 Å². The van der Waals surface area contributed by atoms with Gasteiger partial charge in [0.15, 0.2) is 0 Å². The van der Waals surface area contributed by atoms with Crippen molar-refractivity contribution in [1.82, 2.24) is 25.8 Å². The predicted octanol–water partition coefficient (Wildman–Crippen LogP) is 1.89. The highest BCUT2D eigenvalue weighted by Gasteiger charge is 2.41. The van der Waals surface area contributed by atoms with Gasteiger partial charge in [0, 0.05) is 20.0 Å². The minimum absolute atomic E-state index is 0.00704. The van der Waals surface area contributed by atoms with E-state index in [4.69, 9.17) is 15.2 Å². The van der Waals surface area contributed by atoms with Crippen LogP contribution in [0.25, 0.3) is 0 Å². The van der Waals surface area contributed by atoms with Crippen molar-refractivity contribution in [3.05, 3.63) is 65.7 Å². The molecule has 1 heterocycles. The average Bonchev–Trinajstić information content (AvgIpc) is 3.59. The summed E-state index contributed by atoms with van der Waals surface area (Å²) in [5, 5.41) is 7.85. The Balaban J connectivity index is 1.74. The smallest absolute Gasteiger partial charge is 0.408 e. The summed E-state index contributed by atoms with van der Waals surface area (Å²) in [5.41, 5.74) is 6.91. The standard InChI is InChI=1S/C36H50N6O8/c1-22(2)19-28(40-32(44)24(4)39-36(48)50-21-26-11-8-7-9-12-26)34(46)42-18-10-13-29(42)35(47)41(5)30(33(45)38-23(3)31(37)43)20-25-14-16-27(49-6)17-15-25/h7-9,11-12,14-17,22-24,28-30H,10,13,18-21H2,1-6H3,(H2,37,43)(H,38,45)(H,39,48)(H,40,44)/t23-,24-,28-,29-,30-/m0/s1. The molecule has 1 aliphatic rings. The number of primary amides is 1. The number of likely N-dealkylation sites (tertiary alicyclic amines) is 1. The van der Waals surface area contributed by atoms with Gasteiger partial charge in [-0.25, -0.2) is 4.79 Å². The first-order valence-electron chi connectivity index (χ1n) is 16.8. The van der Waals surface area contributed by atoms with E-state index in [2.05, 4.69) is 16.0 Å².